The van der Waals surface area contributed by atoms with Crippen LogP contribution in [0.25, 0.3) is 0 Å². The van der Waals surface area contributed by atoms with Crippen LogP contribution in [0.1, 0.15) is 11.4 Å². The average molecular weight is 290 g/mol. The highest BCUT2D eigenvalue weighted by atomic mass is 32.2. The topological polar surface area (TPSA) is 72.9 Å². The van der Waals surface area contributed by atoms with E-state index in [9.17, 15) is 4.79 Å². The van der Waals surface area contributed by atoms with Crippen LogP contribution >= 0.6 is 11.8 Å². The van der Waals surface area contributed by atoms with Crippen LogP contribution in [0.4, 0.5) is 11.4 Å². The van der Waals surface area contributed by atoms with Gasteiger partial charge in [-0.15, -0.1) is 11.8 Å². The van der Waals surface area contributed by atoms with Crippen LogP contribution in [0.15, 0.2) is 29.2 Å². The van der Waals surface area contributed by atoms with Crippen LogP contribution < -0.4 is 11.1 Å². The van der Waals surface area contributed by atoms with Gasteiger partial charge in [0.05, 0.1) is 22.8 Å². The Morgan fingerprint density at radius 1 is 1.45 bits per heavy atom. The number of hydrogen-bond donors (Lipinski definition) is 2. The third-order valence-corrected chi connectivity index (χ3v) is 4.00. The summed E-state index contributed by atoms with van der Waals surface area (Å²) in [6.45, 7) is 3.81. The largest absolute Gasteiger partial charge is 0.399 e. The van der Waals surface area contributed by atoms with Crippen molar-refractivity contribution < 1.29 is 4.79 Å². The standard InChI is InChI=1S/C14H18N4OS/c1-9-14(10(2)18(3)17-9)16-13(19)8-20-12-6-4-5-11(15)7-12/h4-7H,8,15H2,1-3H3,(H,16,19). The highest BCUT2D eigenvalue weighted by Gasteiger charge is 2.12. The van der Waals surface area contributed by atoms with Gasteiger partial charge >= 0.3 is 0 Å². The molecule has 0 saturated heterocycles. The van der Waals surface area contributed by atoms with Gasteiger partial charge in [0.15, 0.2) is 0 Å². The van der Waals surface area contributed by atoms with Gasteiger partial charge in [-0.1, -0.05) is 6.07 Å². The van der Waals surface area contributed by atoms with E-state index in [4.69, 9.17) is 5.73 Å². The van der Waals surface area contributed by atoms with Crippen LogP contribution in [0.2, 0.25) is 0 Å². The summed E-state index contributed by atoms with van der Waals surface area (Å²) in [5, 5.41) is 7.18. The van der Waals surface area contributed by atoms with Gasteiger partial charge in [0.1, 0.15) is 0 Å². The first-order valence-electron chi connectivity index (χ1n) is 6.25. The first-order chi connectivity index (χ1) is 9.47. The fourth-order valence-corrected chi connectivity index (χ4v) is 2.65. The molecule has 20 heavy (non-hydrogen) atoms. The summed E-state index contributed by atoms with van der Waals surface area (Å²) in [5.74, 6) is 0.300. The number of carbonyl (C=O) groups excluding carboxylic acids is 1. The lowest BCUT2D eigenvalue weighted by Crippen LogP contribution is -2.15. The number of benzene rings is 1. The molecule has 0 spiro atoms. The summed E-state index contributed by atoms with van der Waals surface area (Å²) >= 11 is 1.46. The molecule has 0 aliphatic rings. The Balaban J connectivity index is 1.96. The molecule has 0 atom stereocenters. The second-order valence-corrected chi connectivity index (χ2v) is 5.63. The molecule has 1 aromatic carbocycles. The number of thioether (sulfide) groups is 1. The number of anilines is 2. The Morgan fingerprint density at radius 2 is 2.20 bits per heavy atom. The van der Waals surface area contributed by atoms with Crippen molar-refractivity contribution in [2.24, 2.45) is 7.05 Å². The summed E-state index contributed by atoms with van der Waals surface area (Å²) in [6, 6.07) is 7.50. The minimum absolute atomic E-state index is 0.0448. The minimum Gasteiger partial charge on any atom is -0.399 e. The molecular weight excluding hydrogens is 272 g/mol. The van der Waals surface area contributed by atoms with Gasteiger partial charge in [0, 0.05) is 17.6 Å². The Bertz CT molecular complexity index is 636. The lowest BCUT2D eigenvalue weighted by molar-refractivity contribution is -0.113. The van der Waals surface area contributed by atoms with Crippen LogP contribution in [-0.2, 0) is 11.8 Å². The summed E-state index contributed by atoms with van der Waals surface area (Å²) in [4.78, 5) is 13.0. The van der Waals surface area contributed by atoms with Crippen LogP contribution in [0.5, 0.6) is 0 Å². The Morgan fingerprint density at radius 3 is 2.80 bits per heavy atom. The van der Waals surface area contributed by atoms with Crippen LogP contribution in [-0.4, -0.2) is 21.4 Å². The van der Waals surface area contributed by atoms with E-state index in [0.29, 0.717) is 11.4 Å². The molecule has 1 aromatic heterocycles. The van der Waals surface area contributed by atoms with E-state index in [1.165, 1.54) is 11.8 Å². The summed E-state index contributed by atoms with van der Waals surface area (Å²) < 4.78 is 1.76. The second-order valence-electron chi connectivity index (χ2n) is 4.58. The molecule has 1 amide bonds. The fraction of sp³-hybridized carbons (Fsp3) is 0.286. The quantitative estimate of drug-likeness (QED) is 0.669. The number of rotatable bonds is 4. The van der Waals surface area contributed by atoms with Crippen LogP contribution in [0, 0.1) is 13.8 Å². The molecule has 0 fully saturated rings. The molecular formula is C14H18N4OS. The zero-order valence-corrected chi connectivity index (χ0v) is 12.6. The maximum atomic E-state index is 12.0. The lowest BCUT2D eigenvalue weighted by Gasteiger charge is -2.06. The van der Waals surface area contributed by atoms with E-state index < -0.39 is 0 Å². The predicted octanol–water partition coefficient (Wildman–Crippen LogP) is 2.35. The molecule has 2 aromatic rings. The van der Waals surface area contributed by atoms with E-state index in [0.717, 1.165) is 22.0 Å². The summed E-state index contributed by atoms with van der Waals surface area (Å²) in [7, 11) is 1.86. The average Bonchev–Trinajstić information content (AvgIpc) is 2.63. The van der Waals surface area contributed by atoms with E-state index in [1.807, 2.05) is 45.2 Å². The Labute approximate surface area is 122 Å². The van der Waals surface area contributed by atoms with Crippen LogP contribution in [0.3, 0.4) is 0 Å². The Hall–Kier alpha value is -1.95. The second kappa shape index (κ2) is 6.00. The van der Waals surface area contributed by atoms with Crippen molar-refractivity contribution in [1.82, 2.24) is 9.78 Å². The maximum absolute atomic E-state index is 12.0. The first kappa shape index (κ1) is 14.5. The number of carbonyl (C=O) groups is 1. The van der Waals surface area contributed by atoms with Gasteiger partial charge in [0.25, 0.3) is 0 Å². The SMILES string of the molecule is Cc1nn(C)c(C)c1NC(=O)CSc1cccc(N)c1. The number of nitrogens with one attached hydrogen (secondary N) is 1. The third-order valence-electron chi connectivity index (χ3n) is 3.00. The predicted molar refractivity (Wildman–Crippen MR) is 82.9 cm³/mol. The summed E-state index contributed by atoms with van der Waals surface area (Å²) in [6.07, 6.45) is 0. The minimum atomic E-state index is -0.0448. The molecule has 106 valence electrons. The number of nitrogen functional groups attached to an aromatic ring is 1. The molecule has 3 N–H and O–H groups in total. The molecule has 0 radical (unpaired) electrons. The van der Waals surface area contributed by atoms with Gasteiger partial charge in [-0.2, -0.15) is 5.10 Å². The number of aromatic nitrogens is 2. The molecule has 0 bridgehead atoms. The molecule has 2 rings (SSSR count). The van der Waals surface area contributed by atoms with E-state index in [1.54, 1.807) is 4.68 Å². The van der Waals surface area contributed by atoms with E-state index >= 15 is 0 Å². The maximum Gasteiger partial charge on any atom is 0.234 e. The van der Waals surface area contributed by atoms with Crippen molar-refractivity contribution >= 4 is 29.0 Å². The highest BCUT2D eigenvalue weighted by molar-refractivity contribution is 8.00. The zero-order chi connectivity index (χ0) is 14.7. The third kappa shape index (κ3) is 3.33. The monoisotopic (exact) mass is 290 g/mol. The van der Waals surface area contributed by atoms with Gasteiger partial charge < -0.3 is 11.1 Å². The van der Waals surface area contributed by atoms with Gasteiger partial charge in [0.2, 0.25) is 5.91 Å². The molecule has 6 heteroatoms. The van der Waals surface area contributed by atoms with Gasteiger partial charge in [-0.25, -0.2) is 0 Å². The normalized spacial score (nSPS) is 10.6. The van der Waals surface area contributed by atoms with Gasteiger partial charge in [-0.05, 0) is 32.0 Å². The fourth-order valence-electron chi connectivity index (χ4n) is 1.88. The van der Waals surface area contributed by atoms with Crippen molar-refractivity contribution in [1.29, 1.82) is 0 Å². The number of nitrogens with zero attached hydrogens (tertiary/aromatic N) is 2. The molecule has 0 aliphatic carbocycles. The van der Waals surface area contributed by atoms with E-state index in [-0.39, 0.29) is 5.91 Å². The van der Waals surface area contributed by atoms with Crippen molar-refractivity contribution in [3.8, 4) is 0 Å². The molecule has 1 heterocycles. The lowest BCUT2D eigenvalue weighted by atomic mass is 10.3. The van der Waals surface area contributed by atoms with Gasteiger partial charge in [-0.3, -0.25) is 9.48 Å². The number of hydrogen-bond acceptors (Lipinski definition) is 4. The highest BCUT2D eigenvalue weighted by Crippen LogP contribution is 2.22. The molecule has 5 nitrogen and oxygen atoms in total. The molecule has 0 aliphatic heterocycles. The van der Waals surface area contributed by atoms with Crippen molar-refractivity contribution in [2.45, 2.75) is 18.7 Å². The molecule has 0 saturated carbocycles. The number of amides is 1. The van der Waals surface area contributed by atoms with Crippen molar-refractivity contribution in [3.63, 3.8) is 0 Å². The number of aryl methyl sites for hydroxylation is 2. The molecule has 0 unspecified atom stereocenters. The zero-order valence-electron chi connectivity index (χ0n) is 11.8. The van der Waals surface area contributed by atoms with E-state index in [2.05, 4.69) is 10.4 Å². The summed E-state index contributed by atoms with van der Waals surface area (Å²) in [5.41, 5.74) is 8.98. The smallest absolute Gasteiger partial charge is 0.234 e. The number of nitrogens with two attached hydrogens (primary N) is 1. The van der Waals surface area contributed by atoms with Crippen molar-refractivity contribution in [2.75, 3.05) is 16.8 Å². The Kier molecular flexibility index (Phi) is 4.34. The first-order valence-corrected chi connectivity index (χ1v) is 7.24. The van der Waals surface area contributed by atoms with Crippen molar-refractivity contribution in [3.05, 3.63) is 35.7 Å².